The first-order valence-electron chi connectivity index (χ1n) is 8.10. The Balaban J connectivity index is 1.45. The summed E-state index contributed by atoms with van der Waals surface area (Å²) in [5.41, 5.74) is 1.75. The van der Waals surface area contributed by atoms with Gasteiger partial charge in [-0.1, -0.05) is 24.3 Å². The minimum absolute atomic E-state index is 0.142. The van der Waals surface area contributed by atoms with E-state index in [-0.39, 0.29) is 12.5 Å². The van der Waals surface area contributed by atoms with E-state index in [1.807, 2.05) is 12.1 Å². The fourth-order valence-corrected chi connectivity index (χ4v) is 2.71. The maximum atomic E-state index is 13.8. The van der Waals surface area contributed by atoms with Crippen molar-refractivity contribution in [2.24, 2.45) is 0 Å². The molecule has 1 aromatic heterocycles. The summed E-state index contributed by atoms with van der Waals surface area (Å²) in [6, 6.07) is 15.7. The van der Waals surface area contributed by atoms with Crippen LogP contribution >= 0.6 is 0 Å². The lowest BCUT2D eigenvalue weighted by Crippen LogP contribution is -2.40. The number of ether oxygens (including phenoxy) is 2. The lowest BCUT2D eigenvalue weighted by molar-refractivity contribution is -0.125. The number of amides is 1. The van der Waals surface area contributed by atoms with E-state index in [1.165, 1.54) is 12.4 Å². The minimum Gasteiger partial charge on any atom is -0.485 e. The SMILES string of the molecule is O=C(Nc1ccc(-c2ccncc2F)cc1)C1COc2ccccc2O1. The van der Waals surface area contributed by atoms with E-state index in [2.05, 4.69) is 10.3 Å². The fourth-order valence-electron chi connectivity index (χ4n) is 2.71. The van der Waals surface area contributed by atoms with Gasteiger partial charge in [-0.05, 0) is 35.9 Å². The van der Waals surface area contributed by atoms with Gasteiger partial charge in [0.25, 0.3) is 5.91 Å². The normalized spacial score (nSPS) is 15.3. The van der Waals surface area contributed by atoms with Gasteiger partial charge in [-0.3, -0.25) is 9.78 Å². The zero-order valence-electron chi connectivity index (χ0n) is 13.7. The van der Waals surface area contributed by atoms with Crippen LogP contribution in [0.4, 0.5) is 10.1 Å². The standard InChI is InChI=1S/C20H15FN2O3/c21-16-11-22-10-9-15(16)13-5-7-14(8-6-13)23-20(24)19-12-25-17-3-1-2-4-18(17)26-19/h1-11,19H,12H2,(H,23,24). The molecule has 130 valence electrons. The van der Waals surface area contributed by atoms with E-state index in [1.54, 1.807) is 42.5 Å². The van der Waals surface area contributed by atoms with Crippen LogP contribution in [0.15, 0.2) is 67.0 Å². The fraction of sp³-hybridized carbons (Fsp3) is 0.100. The summed E-state index contributed by atoms with van der Waals surface area (Å²) in [6.45, 7) is 0.142. The number of nitrogens with zero attached hydrogens (tertiary/aromatic N) is 1. The molecule has 6 heteroatoms. The van der Waals surface area contributed by atoms with E-state index < -0.39 is 11.9 Å². The van der Waals surface area contributed by atoms with Crippen molar-refractivity contribution in [1.82, 2.24) is 4.98 Å². The Morgan fingerprint density at radius 2 is 1.85 bits per heavy atom. The Bertz CT molecular complexity index is 944. The molecule has 3 aromatic rings. The molecule has 0 spiro atoms. The number of para-hydroxylation sites is 2. The molecule has 1 aliphatic heterocycles. The van der Waals surface area contributed by atoms with Crippen molar-refractivity contribution in [3.63, 3.8) is 0 Å². The van der Waals surface area contributed by atoms with Crippen LogP contribution in [0.2, 0.25) is 0 Å². The number of halogens is 1. The summed E-state index contributed by atoms with van der Waals surface area (Å²) in [5.74, 6) is 0.473. The van der Waals surface area contributed by atoms with Gasteiger partial charge in [0.1, 0.15) is 12.4 Å². The maximum Gasteiger partial charge on any atom is 0.269 e. The molecule has 1 N–H and O–H groups in total. The predicted molar refractivity (Wildman–Crippen MR) is 94.6 cm³/mol. The minimum atomic E-state index is -0.734. The number of rotatable bonds is 3. The molecule has 0 aliphatic carbocycles. The molecular weight excluding hydrogens is 335 g/mol. The molecule has 5 nitrogen and oxygen atoms in total. The summed E-state index contributed by atoms with van der Waals surface area (Å²) in [7, 11) is 0. The van der Waals surface area contributed by atoms with Gasteiger partial charge in [-0.25, -0.2) is 4.39 Å². The lowest BCUT2D eigenvalue weighted by atomic mass is 10.1. The summed E-state index contributed by atoms with van der Waals surface area (Å²) in [5, 5.41) is 2.79. The van der Waals surface area contributed by atoms with Crippen molar-refractivity contribution in [3.8, 4) is 22.6 Å². The Kier molecular flexibility index (Phi) is 4.23. The van der Waals surface area contributed by atoms with E-state index in [4.69, 9.17) is 9.47 Å². The van der Waals surface area contributed by atoms with Crippen molar-refractivity contribution >= 4 is 11.6 Å². The molecule has 0 saturated heterocycles. The van der Waals surface area contributed by atoms with Crippen molar-refractivity contribution in [3.05, 3.63) is 72.8 Å². The number of carbonyl (C=O) groups excluding carboxylic acids is 1. The van der Waals surface area contributed by atoms with Gasteiger partial charge in [0.15, 0.2) is 11.5 Å². The summed E-state index contributed by atoms with van der Waals surface area (Å²) in [4.78, 5) is 16.1. The van der Waals surface area contributed by atoms with E-state index in [0.717, 1.165) is 0 Å². The Morgan fingerprint density at radius 1 is 1.08 bits per heavy atom. The van der Waals surface area contributed by atoms with Crippen LogP contribution in [0.25, 0.3) is 11.1 Å². The van der Waals surface area contributed by atoms with Crippen molar-refractivity contribution in [2.45, 2.75) is 6.10 Å². The highest BCUT2D eigenvalue weighted by molar-refractivity contribution is 5.95. The molecule has 2 aromatic carbocycles. The number of anilines is 1. The molecule has 1 amide bonds. The molecule has 1 atom stereocenters. The van der Waals surface area contributed by atoms with Crippen LogP contribution in [0, 0.1) is 5.82 Å². The Morgan fingerprint density at radius 3 is 2.62 bits per heavy atom. The number of hydrogen-bond acceptors (Lipinski definition) is 4. The molecule has 26 heavy (non-hydrogen) atoms. The third-order valence-corrected chi connectivity index (χ3v) is 4.04. The van der Waals surface area contributed by atoms with Gasteiger partial charge in [-0.15, -0.1) is 0 Å². The number of fused-ring (bicyclic) bond motifs is 1. The van der Waals surface area contributed by atoms with Gasteiger partial charge >= 0.3 is 0 Å². The smallest absolute Gasteiger partial charge is 0.269 e. The monoisotopic (exact) mass is 350 g/mol. The quantitative estimate of drug-likeness (QED) is 0.783. The molecule has 1 aliphatic rings. The number of aromatic nitrogens is 1. The van der Waals surface area contributed by atoms with Crippen LogP contribution < -0.4 is 14.8 Å². The first kappa shape index (κ1) is 16.1. The van der Waals surface area contributed by atoms with Crippen LogP contribution in [0.1, 0.15) is 0 Å². The van der Waals surface area contributed by atoms with Crippen molar-refractivity contribution in [1.29, 1.82) is 0 Å². The first-order chi connectivity index (χ1) is 12.7. The second-order valence-electron chi connectivity index (χ2n) is 5.79. The molecule has 1 unspecified atom stereocenters. The van der Waals surface area contributed by atoms with Gasteiger partial charge in [-0.2, -0.15) is 0 Å². The highest BCUT2D eigenvalue weighted by atomic mass is 19.1. The highest BCUT2D eigenvalue weighted by Gasteiger charge is 2.27. The second kappa shape index (κ2) is 6.84. The topological polar surface area (TPSA) is 60.5 Å². The molecule has 0 fully saturated rings. The maximum absolute atomic E-state index is 13.8. The number of benzene rings is 2. The van der Waals surface area contributed by atoms with Crippen LogP contribution in [0.5, 0.6) is 11.5 Å². The Hall–Kier alpha value is -3.41. The van der Waals surface area contributed by atoms with Crippen molar-refractivity contribution < 1.29 is 18.7 Å². The molecule has 0 saturated carbocycles. The molecule has 0 radical (unpaired) electrons. The van der Waals surface area contributed by atoms with Gasteiger partial charge in [0, 0.05) is 17.4 Å². The number of hydrogen-bond donors (Lipinski definition) is 1. The number of nitrogens with one attached hydrogen (secondary N) is 1. The van der Waals surface area contributed by atoms with E-state index in [0.29, 0.717) is 28.3 Å². The molecule has 2 heterocycles. The van der Waals surface area contributed by atoms with Crippen LogP contribution in [-0.4, -0.2) is 23.6 Å². The average Bonchev–Trinajstić information content (AvgIpc) is 2.69. The summed E-state index contributed by atoms with van der Waals surface area (Å²) < 4.78 is 25.0. The summed E-state index contributed by atoms with van der Waals surface area (Å²) in [6.07, 6.45) is 1.97. The molecule has 0 bridgehead atoms. The van der Waals surface area contributed by atoms with E-state index in [9.17, 15) is 9.18 Å². The highest BCUT2D eigenvalue weighted by Crippen LogP contribution is 2.31. The zero-order chi connectivity index (χ0) is 17.9. The van der Waals surface area contributed by atoms with E-state index >= 15 is 0 Å². The van der Waals surface area contributed by atoms with Gasteiger partial charge in [0.2, 0.25) is 6.10 Å². The molecular formula is C20H15FN2O3. The predicted octanol–water partition coefficient (Wildman–Crippen LogP) is 3.67. The largest absolute Gasteiger partial charge is 0.485 e. The lowest BCUT2D eigenvalue weighted by Gasteiger charge is -2.25. The Labute approximate surface area is 149 Å². The number of pyridine rings is 1. The second-order valence-corrected chi connectivity index (χ2v) is 5.79. The average molecular weight is 350 g/mol. The van der Waals surface area contributed by atoms with Crippen LogP contribution in [0.3, 0.4) is 0 Å². The summed E-state index contributed by atoms with van der Waals surface area (Å²) >= 11 is 0. The van der Waals surface area contributed by atoms with Gasteiger partial charge in [0.05, 0.1) is 6.20 Å². The third-order valence-electron chi connectivity index (χ3n) is 4.04. The van der Waals surface area contributed by atoms with Crippen LogP contribution in [-0.2, 0) is 4.79 Å². The van der Waals surface area contributed by atoms with Crippen molar-refractivity contribution in [2.75, 3.05) is 11.9 Å². The zero-order valence-corrected chi connectivity index (χ0v) is 13.7. The van der Waals surface area contributed by atoms with Gasteiger partial charge < -0.3 is 14.8 Å². The molecule has 4 rings (SSSR count). The first-order valence-corrected chi connectivity index (χ1v) is 8.10. The third kappa shape index (κ3) is 3.21. The number of carbonyl (C=O) groups is 1.